The van der Waals surface area contributed by atoms with E-state index in [0.29, 0.717) is 12.5 Å². The molecule has 0 bridgehead atoms. The molecule has 0 N–H and O–H groups in total. The normalized spacial score (nSPS) is 24.4. The van der Waals surface area contributed by atoms with E-state index in [1.165, 1.54) is 16.7 Å². The van der Waals surface area contributed by atoms with Gasteiger partial charge in [0.05, 0.1) is 20.7 Å². The summed E-state index contributed by atoms with van der Waals surface area (Å²) < 4.78 is 12.5. The van der Waals surface area contributed by atoms with E-state index in [1.807, 2.05) is 0 Å². The monoisotopic (exact) mass is 451 g/mol. The number of hydrogen-bond donors (Lipinski definition) is 0. The van der Waals surface area contributed by atoms with Crippen LogP contribution < -0.4 is 0 Å². The average Bonchev–Trinajstić information content (AvgIpc) is 3.07. The summed E-state index contributed by atoms with van der Waals surface area (Å²) in [5.41, 5.74) is 5.72. The van der Waals surface area contributed by atoms with E-state index >= 15 is 0 Å². The molecule has 0 aromatic heterocycles. The molecule has 0 saturated heterocycles. The lowest BCUT2D eigenvalue weighted by Crippen LogP contribution is -2.42. The summed E-state index contributed by atoms with van der Waals surface area (Å²) in [5, 5.41) is 0. The molecule has 0 saturated carbocycles. The Bertz CT molecular complexity index is 944. The summed E-state index contributed by atoms with van der Waals surface area (Å²) >= 11 is 0. The number of aliphatic imine (C=N–C) groups is 1. The third kappa shape index (κ3) is 5.28. The molecule has 0 spiro atoms. The Morgan fingerprint density at radius 1 is 1.22 bits per heavy atom. The highest BCUT2D eigenvalue weighted by Gasteiger charge is 2.51. The molecule has 0 radical (unpaired) electrons. The SMILES string of the molecule is COC1=CC(C/C=C/[Si](C)(C)C)c2ccccc2[C@@]1(CCC=C(C)C)C1=NC(C)(C)CO1. The van der Waals surface area contributed by atoms with Crippen LogP contribution >= 0.6 is 0 Å². The van der Waals surface area contributed by atoms with Crippen LogP contribution in [0.1, 0.15) is 64.0 Å². The number of benzene rings is 1. The van der Waals surface area contributed by atoms with Gasteiger partial charge in [0, 0.05) is 5.92 Å². The molecule has 3 nitrogen and oxygen atoms in total. The van der Waals surface area contributed by atoms with Crippen molar-refractivity contribution in [2.75, 3.05) is 13.7 Å². The molecule has 1 aliphatic heterocycles. The van der Waals surface area contributed by atoms with Crippen molar-refractivity contribution in [1.29, 1.82) is 0 Å². The summed E-state index contributed by atoms with van der Waals surface area (Å²) in [6.07, 6.45) is 9.82. The van der Waals surface area contributed by atoms with Crippen LogP contribution in [0.4, 0.5) is 0 Å². The minimum atomic E-state index is -1.23. The number of rotatable bonds is 8. The number of fused-ring (bicyclic) bond motifs is 1. The Hall–Kier alpha value is -2.07. The smallest absolute Gasteiger partial charge is 0.202 e. The van der Waals surface area contributed by atoms with Gasteiger partial charge >= 0.3 is 0 Å². The van der Waals surface area contributed by atoms with Gasteiger partial charge in [-0.2, -0.15) is 0 Å². The van der Waals surface area contributed by atoms with E-state index in [0.717, 1.165) is 30.9 Å². The first-order valence-electron chi connectivity index (χ1n) is 11.9. The van der Waals surface area contributed by atoms with Crippen LogP contribution in [-0.2, 0) is 14.9 Å². The zero-order valence-electron chi connectivity index (χ0n) is 21.3. The van der Waals surface area contributed by atoms with Gasteiger partial charge in [-0.05, 0) is 64.2 Å². The van der Waals surface area contributed by atoms with Gasteiger partial charge in [-0.25, -0.2) is 4.99 Å². The molecule has 32 heavy (non-hydrogen) atoms. The van der Waals surface area contributed by atoms with Gasteiger partial charge in [0.2, 0.25) is 5.90 Å². The van der Waals surface area contributed by atoms with Gasteiger partial charge in [-0.1, -0.05) is 67.3 Å². The molecule has 1 aromatic rings. The number of ether oxygens (including phenoxy) is 2. The first kappa shape index (κ1) is 24.6. The van der Waals surface area contributed by atoms with Gasteiger partial charge in [0.1, 0.15) is 17.8 Å². The maximum Gasteiger partial charge on any atom is 0.202 e. The lowest BCUT2D eigenvalue weighted by molar-refractivity contribution is 0.206. The summed E-state index contributed by atoms with van der Waals surface area (Å²) in [7, 11) is 0.566. The van der Waals surface area contributed by atoms with Crippen LogP contribution in [0.2, 0.25) is 19.6 Å². The molecule has 0 amide bonds. The molecule has 2 aliphatic rings. The zero-order valence-corrected chi connectivity index (χ0v) is 22.3. The number of methoxy groups -OCH3 is 1. The van der Waals surface area contributed by atoms with Crippen molar-refractivity contribution < 1.29 is 9.47 Å². The van der Waals surface area contributed by atoms with Crippen molar-refractivity contribution >= 4 is 14.0 Å². The molecule has 4 heteroatoms. The van der Waals surface area contributed by atoms with E-state index in [4.69, 9.17) is 14.5 Å². The maximum absolute atomic E-state index is 6.32. The third-order valence-electron chi connectivity index (χ3n) is 6.22. The quantitative estimate of drug-likeness (QED) is 0.306. The van der Waals surface area contributed by atoms with Crippen LogP contribution in [-0.4, -0.2) is 33.2 Å². The maximum atomic E-state index is 6.32. The van der Waals surface area contributed by atoms with Gasteiger partial charge in [-0.3, -0.25) is 0 Å². The van der Waals surface area contributed by atoms with Crippen molar-refractivity contribution in [3.8, 4) is 0 Å². The van der Waals surface area contributed by atoms with Crippen molar-refractivity contribution in [2.45, 2.75) is 83.5 Å². The molecule has 174 valence electrons. The van der Waals surface area contributed by atoms with Crippen LogP contribution in [0.3, 0.4) is 0 Å². The summed E-state index contributed by atoms with van der Waals surface area (Å²) in [6.45, 7) is 16.3. The van der Waals surface area contributed by atoms with Crippen molar-refractivity contribution in [1.82, 2.24) is 0 Å². The van der Waals surface area contributed by atoms with Crippen molar-refractivity contribution in [2.24, 2.45) is 4.99 Å². The van der Waals surface area contributed by atoms with E-state index in [2.05, 4.69) is 95.5 Å². The molecule has 2 atom stereocenters. The number of allylic oxidation sites excluding steroid dienone is 4. The van der Waals surface area contributed by atoms with Gasteiger partial charge in [-0.15, -0.1) is 0 Å². The molecular weight excluding hydrogens is 410 g/mol. The largest absolute Gasteiger partial charge is 0.500 e. The Morgan fingerprint density at radius 2 is 1.94 bits per heavy atom. The highest BCUT2D eigenvalue weighted by atomic mass is 28.3. The molecular formula is C28H41NO2Si. The van der Waals surface area contributed by atoms with Crippen molar-refractivity contribution in [3.05, 3.63) is 70.7 Å². The molecule has 0 fully saturated rings. The van der Waals surface area contributed by atoms with Crippen molar-refractivity contribution in [3.63, 3.8) is 0 Å². The van der Waals surface area contributed by atoms with Crippen LogP contribution in [0, 0.1) is 0 Å². The first-order chi connectivity index (χ1) is 15.0. The van der Waals surface area contributed by atoms with Gasteiger partial charge < -0.3 is 9.47 Å². The van der Waals surface area contributed by atoms with Crippen LogP contribution in [0.15, 0.2) is 64.5 Å². The van der Waals surface area contributed by atoms with Gasteiger partial charge in [0.15, 0.2) is 0 Å². The fourth-order valence-corrected chi connectivity index (χ4v) is 5.57. The van der Waals surface area contributed by atoms with Gasteiger partial charge in [0.25, 0.3) is 0 Å². The van der Waals surface area contributed by atoms with E-state index in [-0.39, 0.29) is 5.54 Å². The van der Waals surface area contributed by atoms with E-state index in [1.54, 1.807) is 7.11 Å². The fourth-order valence-electron chi connectivity index (χ4n) is 4.73. The lowest BCUT2D eigenvalue weighted by Gasteiger charge is -2.40. The highest BCUT2D eigenvalue weighted by molar-refractivity contribution is 6.80. The predicted molar refractivity (Wildman–Crippen MR) is 139 cm³/mol. The minimum absolute atomic E-state index is 0.219. The molecule has 1 heterocycles. The fraction of sp³-hybridized carbons (Fsp3) is 0.536. The Morgan fingerprint density at radius 3 is 2.53 bits per heavy atom. The predicted octanol–water partition coefficient (Wildman–Crippen LogP) is 7.33. The molecule has 1 aromatic carbocycles. The second-order valence-corrected chi connectivity index (χ2v) is 16.2. The topological polar surface area (TPSA) is 30.8 Å². The molecule has 1 aliphatic carbocycles. The summed E-state index contributed by atoms with van der Waals surface area (Å²) in [4.78, 5) is 5.08. The average molecular weight is 452 g/mol. The van der Waals surface area contributed by atoms with E-state index in [9.17, 15) is 0 Å². The second kappa shape index (κ2) is 9.42. The number of hydrogen-bond acceptors (Lipinski definition) is 3. The molecule has 1 unspecified atom stereocenters. The van der Waals surface area contributed by atoms with Crippen LogP contribution in [0.25, 0.3) is 0 Å². The minimum Gasteiger partial charge on any atom is -0.500 e. The number of nitrogens with zero attached hydrogens (tertiary/aromatic N) is 1. The standard InChI is InChI=1S/C28H41NO2Si/c1-21(2)13-11-17-28(26-29-27(3,4)20-31-26)24-16-10-9-15-23(24)22(19-25(28)30-5)14-12-18-32(6,7)8/h9-10,12-13,15-16,18-19,22H,11,14,17,20H2,1-8H3/b18-12+/t22?,28-/m1/s1. The van der Waals surface area contributed by atoms with E-state index < -0.39 is 13.5 Å². The summed E-state index contributed by atoms with van der Waals surface area (Å²) in [6, 6.07) is 8.84. The summed E-state index contributed by atoms with van der Waals surface area (Å²) in [5.74, 6) is 2.07. The third-order valence-corrected chi connectivity index (χ3v) is 7.46. The molecule has 3 rings (SSSR count). The van der Waals surface area contributed by atoms with Crippen LogP contribution in [0.5, 0.6) is 0 Å². The highest BCUT2D eigenvalue weighted by Crippen LogP contribution is 2.49. The Labute approximate surface area is 196 Å². The Balaban J connectivity index is 2.14. The first-order valence-corrected chi connectivity index (χ1v) is 15.5. The Kier molecular flexibility index (Phi) is 7.24. The second-order valence-electron chi connectivity index (χ2n) is 11.2. The zero-order chi connectivity index (χ0) is 23.6. The lowest BCUT2D eigenvalue weighted by atomic mass is 9.66.